The fraction of sp³-hybridized carbons (Fsp3) is 0.429. The van der Waals surface area contributed by atoms with Gasteiger partial charge in [-0.15, -0.1) is 0 Å². The molecule has 0 heterocycles. The summed E-state index contributed by atoms with van der Waals surface area (Å²) in [6, 6.07) is 9.63. The zero-order valence-electron chi connectivity index (χ0n) is 10.2. The molecule has 2 N–H and O–H groups in total. The minimum atomic E-state index is -0.621. The van der Waals surface area contributed by atoms with Crippen LogP contribution in [0.1, 0.15) is 31.2 Å². The molecule has 0 atom stereocenters. The number of nitrogens with two attached hydrogens (primary N) is 1. The number of rotatable bonds is 4. The van der Waals surface area contributed by atoms with Crippen molar-refractivity contribution in [2.75, 3.05) is 6.61 Å². The van der Waals surface area contributed by atoms with Gasteiger partial charge < -0.3 is 10.5 Å². The van der Waals surface area contributed by atoms with Crippen molar-refractivity contribution in [2.24, 2.45) is 5.73 Å². The van der Waals surface area contributed by atoms with E-state index in [2.05, 4.69) is 0 Å². The number of hydrogen-bond donors (Lipinski definition) is 1. The lowest BCUT2D eigenvalue weighted by Crippen LogP contribution is -2.36. The molecular weight excluding hydrogens is 230 g/mol. The molecule has 1 aromatic carbocycles. The summed E-state index contributed by atoms with van der Waals surface area (Å²) in [6.45, 7) is -0.340. The lowest BCUT2D eigenvalue weighted by atomic mass is 9.79. The molecule has 1 fully saturated rings. The number of primary amides is 1. The third kappa shape index (κ3) is 2.37. The second-order valence-electron chi connectivity index (χ2n) is 4.70. The van der Waals surface area contributed by atoms with Crippen LogP contribution in [0.5, 0.6) is 0 Å². The Balaban J connectivity index is 2.22. The Morgan fingerprint density at radius 1 is 1.17 bits per heavy atom. The Kier molecular flexibility index (Phi) is 3.65. The highest BCUT2D eigenvalue weighted by atomic mass is 16.5. The molecule has 0 aromatic heterocycles. The SMILES string of the molecule is NC(=O)COC(=O)C1(c2ccccc2)CCCC1. The molecule has 0 radical (unpaired) electrons. The molecule has 18 heavy (non-hydrogen) atoms. The van der Waals surface area contributed by atoms with Crippen molar-refractivity contribution in [3.05, 3.63) is 35.9 Å². The highest BCUT2D eigenvalue weighted by molar-refractivity contribution is 5.86. The quantitative estimate of drug-likeness (QED) is 0.820. The van der Waals surface area contributed by atoms with Crippen LogP contribution in [-0.2, 0) is 19.7 Å². The minimum absolute atomic E-state index is 0.329. The van der Waals surface area contributed by atoms with Gasteiger partial charge in [0.15, 0.2) is 6.61 Å². The van der Waals surface area contributed by atoms with Crippen LogP contribution in [0.3, 0.4) is 0 Å². The molecule has 1 aromatic rings. The van der Waals surface area contributed by atoms with E-state index in [1.54, 1.807) is 0 Å². The van der Waals surface area contributed by atoms with Crippen molar-refractivity contribution in [1.29, 1.82) is 0 Å². The summed E-state index contributed by atoms with van der Waals surface area (Å²) in [4.78, 5) is 22.9. The zero-order chi connectivity index (χ0) is 13.0. The fourth-order valence-electron chi connectivity index (χ4n) is 2.62. The standard InChI is InChI=1S/C14H17NO3/c15-12(16)10-18-13(17)14(8-4-5-9-14)11-6-2-1-3-7-11/h1-3,6-7H,4-5,8-10H2,(H2,15,16). The van der Waals surface area contributed by atoms with E-state index in [0.29, 0.717) is 0 Å². The predicted octanol–water partition coefficient (Wildman–Crippen LogP) is 1.53. The van der Waals surface area contributed by atoms with E-state index < -0.39 is 11.3 Å². The van der Waals surface area contributed by atoms with Gasteiger partial charge in [0.05, 0.1) is 5.41 Å². The van der Waals surface area contributed by atoms with Crippen molar-refractivity contribution in [3.63, 3.8) is 0 Å². The Morgan fingerprint density at radius 3 is 2.33 bits per heavy atom. The highest BCUT2D eigenvalue weighted by Crippen LogP contribution is 2.42. The van der Waals surface area contributed by atoms with Crippen molar-refractivity contribution in [3.8, 4) is 0 Å². The highest BCUT2D eigenvalue weighted by Gasteiger charge is 2.44. The molecule has 1 aliphatic carbocycles. The normalized spacial score (nSPS) is 17.3. The lowest BCUT2D eigenvalue weighted by molar-refractivity contribution is -0.153. The van der Waals surface area contributed by atoms with E-state index in [1.165, 1.54) is 0 Å². The molecule has 0 saturated heterocycles. The van der Waals surface area contributed by atoms with Crippen molar-refractivity contribution >= 4 is 11.9 Å². The van der Waals surface area contributed by atoms with E-state index >= 15 is 0 Å². The minimum Gasteiger partial charge on any atom is -0.455 e. The second kappa shape index (κ2) is 5.21. The monoisotopic (exact) mass is 247 g/mol. The Morgan fingerprint density at radius 2 is 1.78 bits per heavy atom. The molecule has 1 saturated carbocycles. The summed E-state index contributed by atoms with van der Waals surface area (Å²) < 4.78 is 5.03. The number of carbonyl (C=O) groups excluding carboxylic acids is 2. The maximum Gasteiger partial charge on any atom is 0.317 e. The van der Waals surface area contributed by atoms with Gasteiger partial charge in [-0.1, -0.05) is 43.2 Å². The average molecular weight is 247 g/mol. The van der Waals surface area contributed by atoms with Crippen molar-refractivity contribution in [1.82, 2.24) is 0 Å². The molecule has 4 heteroatoms. The maximum absolute atomic E-state index is 12.2. The smallest absolute Gasteiger partial charge is 0.317 e. The summed E-state index contributed by atoms with van der Waals surface area (Å²) in [5.74, 6) is -0.949. The largest absolute Gasteiger partial charge is 0.455 e. The van der Waals surface area contributed by atoms with Gasteiger partial charge in [0.25, 0.3) is 5.91 Å². The Bertz CT molecular complexity index is 436. The van der Waals surface area contributed by atoms with Crippen LogP contribution in [0.15, 0.2) is 30.3 Å². The number of amides is 1. The van der Waals surface area contributed by atoms with Gasteiger partial charge in [0.1, 0.15) is 0 Å². The Labute approximate surface area is 106 Å². The molecule has 2 rings (SSSR count). The zero-order valence-corrected chi connectivity index (χ0v) is 10.2. The van der Waals surface area contributed by atoms with Gasteiger partial charge in [-0.05, 0) is 18.4 Å². The van der Waals surface area contributed by atoms with E-state index in [0.717, 1.165) is 31.2 Å². The molecule has 0 spiro atoms. The van der Waals surface area contributed by atoms with Crippen molar-refractivity contribution in [2.45, 2.75) is 31.1 Å². The molecule has 96 valence electrons. The van der Waals surface area contributed by atoms with E-state index in [-0.39, 0.29) is 12.6 Å². The van der Waals surface area contributed by atoms with Crippen LogP contribution in [0.4, 0.5) is 0 Å². The van der Waals surface area contributed by atoms with Gasteiger partial charge in [-0.3, -0.25) is 9.59 Å². The van der Waals surface area contributed by atoms with Crippen LogP contribution in [0.2, 0.25) is 0 Å². The fourth-order valence-corrected chi connectivity index (χ4v) is 2.62. The molecule has 1 aliphatic rings. The number of benzene rings is 1. The third-order valence-corrected chi connectivity index (χ3v) is 3.52. The van der Waals surface area contributed by atoms with Crippen LogP contribution in [0, 0.1) is 0 Å². The first-order chi connectivity index (χ1) is 8.65. The predicted molar refractivity (Wildman–Crippen MR) is 66.7 cm³/mol. The second-order valence-corrected chi connectivity index (χ2v) is 4.70. The van der Waals surface area contributed by atoms with Crippen LogP contribution in [0.25, 0.3) is 0 Å². The van der Waals surface area contributed by atoms with Gasteiger partial charge in [0, 0.05) is 0 Å². The lowest BCUT2D eigenvalue weighted by Gasteiger charge is -2.26. The summed E-state index contributed by atoms with van der Waals surface area (Å²) in [6.07, 6.45) is 3.55. The number of hydrogen-bond acceptors (Lipinski definition) is 3. The first-order valence-electron chi connectivity index (χ1n) is 6.16. The Hall–Kier alpha value is -1.84. The van der Waals surface area contributed by atoms with E-state index in [9.17, 15) is 9.59 Å². The number of esters is 1. The molecular formula is C14H17NO3. The summed E-state index contributed by atoms with van der Waals surface area (Å²) in [5.41, 5.74) is 5.39. The van der Waals surface area contributed by atoms with Gasteiger partial charge >= 0.3 is 5.97 Å². The average Bonchev–Trinajstić information content (AvgIpc) is 2.87. The van der Waals surface area contributed by atoms with Crippen LogP contribution < -0.4 is 5.73 Å². The van der Waals surface area contributed by atoms with Crippen LogP contribution >= 0.6 is 0 Å². The topological polar surface area (TPSA) is 69.4 Å². The van der Waals surface area contributed by atoms with E-state index in [4.69, 9.17) is 10.5 Å². The molecule has 0 bridgehead atoms. The number of carbonyl (C=O) groups is 2. The summed E-state index contributed by atoms with van der Waals surface area (Å²) >= 11 is 0. The summed E-state index contributed by atoms with van der Waals surface area (Å²) in [7, 11) is 0. The van der Waals surface area contributed by atoms with Gasteiger partial charge in [-0.2, -0.15) is 0 Å². The van der Waals surface area contributed by atoms with Gasteiger partial charge in [-0.25, -0.2) is 0 Å². The third-order valence-electron chi connectivity index (χ3n) is 3.52. The number of ether oxygens (including phenoxy) is 1. The molecule has 1 amide bonds. The first kappa shape index (κ1) is 12.6. The first-order valence-corrected chi connectivity index (χ1v) is 6.16. The molecule has 0 unspecified atom stereocenters. The molecule has 4 nitrogen and oxygen atoms in total. The van der Waals surface area contributed by atoms with E-state index in [1.807, 2.05) is 30.3 Å². The van der Waals surface area contributed by atoms with Gasteiger partial charge in [0.2, 0.25) is 0 Å². The molecule has 0 aliphatic heterocycles. The maximum atomic E-state index is 12.2. The van der Waals surface area contributed by atoms with Crippen LogP contribution in [-0.4, -0.2) is 18.5 Å². The summed E-state index contributed by atoms with van der Waals surface area (Å²) in [5, 5.41) is 0. The van der Waals surface area contributed by atoms with Crippen molar-refractivity contribution < 1.29 is 14.3 Å².